The molecule has 0 aliphatic carbocycles. The summed E-state index contributed by atoms with van der Waals surface area (Å²) >= 11 is 0. The highest BCUT2D eigenvalue weighted by atomic mass is 19.1. The topological polar surface area (TPSA) is 114 Å². The van der Waals surface area contributed by atoms with E-state index in [1.54, 1.807) is 0 Å². The van der Waals surface area contributed by atoms with Gasteiger partial charge in [0.15, 0.2) is 23.0 Å². The van der Waals surface area contributed by atoms with Crippen molar-refractivity contribution in [2.24, 2.45) is 0 Å². The van der Waals surface area contributed by atoms with Gasteiger partial charge >= 0.3 is 12.1 Å². The number of rotatable bonds is 6. The van der Waals surface area contributed by atoms with Crippen LogP contribution in [0.25, 0.3) is 11.0 Å². The third-order valence-corrected chi connectivity index (χ3v) is 3.51. The number of nitrogens with zero attached hydrogens (tertiary/aromatic N) is 3. The molecule has 3 aromatic rings. The minimum absolute atomic E-state index is 0.122. The zero-order valence-electron chi connectivity index (χ0n) is 14.4. The van der Waals surface area contributed by atoms with Gasteiger partial charge < -0.3 is 20.1 Å². The smallest absolute Gasteiger partial charge is 0.406 e. The van der Waals surface area contributed by atoms with Gasteiger partial charge in [-0.3, -0.25) is 5.10 Å². The van der Waals surface area contributed by atoms with Crippen LogP contribution in [0.1, 0.15) is 6.92 Å². The minimum atomic E-state index is -0.863. The molecule has 2 aromatic heterocycles. The summed E-state index contributed by atoms with van der Waals surface area (Å²) in [5.41, 5.74) is 0.359. The maximum absolute atomic E-state index is 13.7. The molecule has 27 heavy (non-hydrogen) atoms. The Morgan fingerprint density at radius 2 is 2.19 bits per heavy atom. The van der Waals surface area contributed by atoms with Crippen LogP contribution < -0.4 is 15.4 Å². The fourth-order valence-corrected chi connectivity index (χ4v) is 2.20. The van der Waals surface area contributed by atoms with Crippen LogP contribution in [0.15, 0.2) is 24.4 Å². The van der Waals surface area contributed by atoms with Gasteiger partial charge in [-0.05, 0) is 19.1 Å². The Hall–Kier alpha value is -3.50. The fourth-order valence-electron chi connectivity index (χ4n) is 2.20. The van der Waals surface area contributed by atoms with Gasteiger partial charge in [-0.25, -0.2) is 18.6 Å². The van der Waals surface area contributed by atoms with Crippen molar-refractivity contribution in [2.45, 2.75) is 13.0 Å². The van der Waals surface area contributed by atoms with E-state index in [4.69, 9.17) is 4.74 Å². The molecular formula is C16H16F2N6O3. The number of H-pyrrole nitrogens is 1. The van der Waals surface area contributed by atoms with Crippen molar-refractivity contribution in [1.29, 1.82) is 0 Å². The molecule has 2 heterocycles. The van der Waals surface area contributed by atoms with Gasteiger partial charge in [0.2, 0.25) is 0 Å². The van der Waals surface area contributed by atoms with Crippen LogP contribution in [0.2, 0.25) is 0 Å². The van der Waals surface area contributed by atoms with E-state index < -0.39 is 17.7 Å². The van der Waals surface area contributed by atoms with E-state index >= 15 is 0 Å². The molecule has 0 fully saturated rings. The van der Waals surface area contributed by atoms with Gasteiger partial charge in [0.25, 0.3) is 0 Å². The lowest BCUT2D eigenvalue weighted by atomic mass is 10.3. The Labute approximate surface area is 152 Å². The molecule has 0 unspecified atom stereocenters. The molecule has 11 heteroatoms. The van der Waals surface area contributed by atoms with Crippen LogP contribution in [0.4, 0.5) is 19.4 Å². The quantitative estimate of drug-likeness (QED) is 0.604. The van der Waals surface area contributed by atoms with Crippen molar-refractivity contribution in [3.05, 3.63) is 36.0 Å². The second-order valence-corrected chi connectivity index (χ2v) is 5.58. The van der Waals surface area contributed by atoms with Crippen LogP contribution >= 0.6 is 0 Å². The molecule has 9 nitrogen and oxygen atoms in total. The molecule has 1 aromatic carbocycles. The summed E-state index contributed by atoms with van der Waals surface area (Å²) in [5, 5.41) is 13.0. The second kappa shape index (κ2) is 7.81. The summed E-state index contributed by atoms with van der Waals surface area (Å²) < 4.78 is 36.4. The number of carbonyl (C=O) groups excluding carboxylic acids is 1. The van der Waals surface area contributed by atoms with Gasteiger partial charge in [-0.2, -0.15) is 10.1 Å². The lowest BCUT2D eigenvalue weighted by Crippen LogP contribution is -2.34. The largest absolute Gasteiger partial charge is 0.453 e. The first kappa shape index (κ1) is 18.3. The molecule has 1 amide bonds. The zero-order chi connectivity index (χ0) is 19.4. The van der Waals surface area contributed by atoms with Crippen molar-refractivity contribution in [3.8, 4) is 11.8 Å². The first-order valence-electron chi connectivity index (χ1n) is 7.88. The van der Waals surface area contributed by atoms with Gasteiger partial charge in [-0.1, -0.05) is 0 Å². The van der Waals surface area contributed by atoms with Crippen LogP contribution in [0.3, 0.4) is 0 Å². The number of aromatic amines is 1. The average Bonchev–Trinajstić information content (AvgIpc) is 3.04. The van der Waals surface area contributed by atoms with E-state index in [0.717, 1.165) is 12.1 Å². The van der Waals surface area contributed by atoms with Gasteiger partial charge in [0, 0.05) is 24.8 Å². The molecule has 0 radical (unpaired) electrons. The lowest BCUT2D eigenvalue weighted by molar-refractivity contribution is 0.170. The van der Waals surface area contributed by atoms with Crippen molar-refractivity contribution >= 4 is 22.9 Å². The minimum Gasteiger partial charge on any atom is -0.453 e. The van der Waals surface area contributed by atoms with Crippen molar-refractivity contribution in [2.75, 3.05) is 19.0 Å². The Kier molecular flexibility index (Phi) is 5.29. The highest BCUT2D eigenvalue weighted by Crippen LogP contribution is 2.25. The highest BCUT2D eigenvalue weighted by Gasteiger charge is 2.14. The highest BCUT2D eigenvalue weighted by molar-refractivity contribution is 5.86. The van der Waals surface area contributed by atoms with E-state index in [1.165, 1.54) is 13.3 Å². The molecule has 0 aliphatic heterocycles. The summed E-state index contributed by atoms with van der Waals surface area (Å²) in [7, 11) is 1.28. The molecule has 0 bridgehead atoms. The third-order valence-electron chi connectivity index (χ3n) is 3.51. The molecule has 3 rings (SSSR count). The molecule has 0 saturated carbocycles. The van der Waals surface area contributed by atoms with Crippen molar-refractivity contribution in [1.82, 2.24) is 25.5 Å². The zero-order valence-corrected chi connectivity index (χ0v) is 14.4. The number of anilines is 1. The predicted molar refractivity (Wildman–Crippen MR) is 91.6 cm³/mol. The van der Waals surface area contributed by atoms with Crippen molar-refractivity contribution < 1.29 is 23.0 Å². The van der Waals surface area contributed by atoms with Crippen LogP contribution in [0, 0.1) is 11.6 Å². The van der Waals surface area contributed by atoms with Crippen molar-refractivity contribution in [3.63, 3.8) is 0 Å². The SMILES string of the molecule is COC(=O)NC[C@@H](C)Nc1n[nH]c2nc(Oc3ccc(F)cc3F)ncc12. The molecule has 0 saturated heterocycles. The van der Waals surface area contributed by atoms with Gasteiger partial charge in [0.05, 0.1) is 12.5 Å². The van der Waals surface area contributed by atoms with Crippen LogP contribution in [-0.4, -0.2) is 46.0 Å². The summed E-state index contributed by atoms with van der Waals surface area (Å²) in [5.74, 6) is -1.30. The number of benzene rings is 1. The Balaban J connectivity index is 1.71. The Morgan fingerprint density at radius 1 is 1.37 bits per heavy atom. The van der Waals surface area contributed by atoms with E-state index in [-0.39, 0.29) is 17.8 Å². The first-order chi connectivity index (χ1) is 13.0. The summed E-state index contributed by atoms with van der Waals surface area (Å²) in [6.45, 7) is 2.15. The maximum Gasteiger partial charge on any atom is 0.406 e. The second-order valence-electron chi connectivity index (χ2n) is 5.58. The normalized spacial score (nSPS) is 11.9. The average molecular weight is 378 g/mol. The lowest BCUT2D eigenvalue weighted by Gasteiger charge is -2.13. The summed E-state index contributed by atoms with van der Waals surface area (Å²) in [6.07, 6.45) is 0.916. The fraction of sp³-hybridized carbons (Fsp3) is 0.250. The number of carbonyl (C=O) groups is 1. The van der Waals surface area contributed by atoms with E-state index in [1.807, 2.05) is 6.92 Å². The molecule has 3 N–H and O–H groups in total. The van der Waals surface area contributed by atoms with Crippen LogP contribution in [0.5, 0.6) is 11.8 Å². The Morgan fingerprint density at radius 3 is 2.93 bits per heavy atom. The number of alkyl carbamates (subject to hydrolysis) is 1. The van der Waals surface area contributed by atoms with Crippen LogP contribution in [-0.2, 0) is 4.74 Å². The molecule has 0 spiro atoms. The molecular weight excluding hydrogens is 362 g/mol. The van der Waals surface area contributed by atoms with Gasteiger partial charge in [0.1, 0.15) is 5.82 Å². The number of aromatic nitrogens is 4. The standard InChI is InChI=1S/C16H16F2N6O3/c1-8(6-20-16(25)26-2)21-13-10-7-19-15(22-14(10)24-23-13)27-12-4-3-9(17)5-11(12)18/h3-5,7-8H,6H2,1-2H3,(H,20,25)(H2,19,21,22,23,24)/t8-/m1/s1. The monoisotopic (exact) mass is 378 g/mol. The summed E-state index contributed by atoms with van der Waals surface area (Å²) in [6, 6.07) is 2.64. The summed E-state index contributed by atoms with van der Waals surface area (Å²) in [4.78, 5) is 19.2. The number of ether oxygens (including phenoxy) is 2. The molecule has 1 atom stereocenters. The number of hydrogen-bond acceptors (Lipinski definition) is 7. The predicted octanol–water partition coefficient (Wildman–Crippen LogP) is 2.58. The van der Waals surface area contributed by atoms with E-state index in [9.17, 15) is 13.6 Å². The molecule has 142 valence electrons. The number of hydrogen-bond donors (Lipinski definition) is 3. The van der Waals surface area contributed by atoms with Gasteiger partial charge in [-0.15, -0.1) is 0 Å². The Bertz CT molecular complexity index is 964. The van der Waals surface area contributed by atoms with E-state index in [2.05, 4.69) is 35.5 Å². The number of fused-ring (bicyclic) bond motifs is 1. The number of nitrogens with one attached hydrogen (secondary N) is 3. The van der Waals surface area contributed by atoms with E-state index in [0.29, 0.717) is 29.5 Å². The molecule has 0 aliphatic rings. The maximum atomic E-state index is 13.7. The number of halogens is 2. The number of methoxy groups -OCH3 is 1. The first-order valence-corrected chi connectivity index (χ1v) is 7.88. The number of amides is 1. The third kappa shape index (κ3) is 4.37.